The topological polar surface area (TPSA) is 60.7 Å². The normalized spacial score (nSPS) is 11.3. The predicted molar refractivity (Wildman–Crippen MR) is 73.5 cm³/mol. The molecule has 19 heavy (non-hydrogen) atoms. The van der Waals surface area contributed by atoms with Crippen LogP contribution in [-0.2, 0) is 0 Å². The van der Waals surface area contributed by atoms with Gasteiger partial charge in [-0.1, -0.05) is 10.6 Å². The molecule has 3 rings (SSSR count). The number of carbonyl (C=O) groups excluding carboxylic acids is 1. The molecule has 0 atom stereocenters. The van der Waals surface area contributed by atoms with E-state index in [4.69, 9.17) is 0 Å². The average molecular weight is 272 g/mol. The van der Waals surface area contributed by atoms with Crippen molar-refractivity contribution in [1.82, 2.24) is 19.1 Å². The molecule has 6 heteroatoms. The van der Waals surface area contributed by atoms with Gasteiger partial charge in [-0.3, -0.25) is 4.79 Å². The molecular formula is C13H12N4OS. The minimum atomic E-state index is -0.0876. The van der Waals surface area contributed by atoms with Crippen molar-refractivity contribution in [2.45, 2.75) is 19.9 Å². The Balaban J connectivity index is 2.14. The van der Waals surface area contributed by atoms with Crippen LogP contribution in [0.15, 0.2) is 30.6 Å². The minimum Gasteiger partial charge on any atom is -0.326 e. The molecule has 0 spiro atoms. The van der Waals surface area contributed by atoms with Crippen LogP contribution in [0.2, 0.25) is 0 Å². The van der Waals surface area contributed by atoms with Gasteiger partial charge in [-0.15, -0.1) is 5.10 Å². The quantitative estimate of drug-likeness (QED) is 0.688. The second-order valence-corrected chi connectivity index (χ2v) is 5.26. The van der Waals surface area contributed by atoms with Crippen LogP contribution in [0.25, 0.3) is 10.2 Å². The Labute approximate surface area is 114 Å². The highest BCUT2D eigenvalue weighted by molar-refractivity contribution is 7.13. The van der Waals surface area contributed by atoms with Gasteiger partial charge in [0, 0.05) is 24.0 Å². The van der Waals surface area contributed by atoms with E-state index in [2.05, 4.69) is 14.6 Å². The van der Waals surface area contributed by atoms with Crippen molar-refractivity contribution < 1.29 is 4.79 Å². The minimum absolute atomic E-state index is 0.0876. The number of hydrogen-bond acceptors (Lipinski definition) is 5. The third kappa shape index (κ3) is 1.94. The van der Waals surface area contributed by atoms with E-state index in [1.54, 1.807) is 12.3 Å². The summed E-state index contributed by atoms with van der Waals surface area (Å²) in [5.41, 5.74) is 1.36. The maximum atomic E-state index is 12.6. The van der Waals surface area contributed by atoms with Gasteiger partial charge in [-0.25, -0.2) is 4.98 Å². The van der Waals surface area contributed by atoms with Crippen molar-refractivity contribution in [3.8, 4) is 0 Å². The first-order valence-electron chi connectivity index (χ1n) is 5.97. The third-order valence-electron chi connectivity index (χ3n) is 2.95. The van der Waals surface area contributed by atoms with Crippen LogP contribution in [-0.4, -0.2) is 24.9 Å². The number of benzene rings is 1. The lowest BCUT2D eigenvalue weighted by Crippen LogP contribution is -2.12. The zero-order valence-corrected chi connectivity index (χ0v) is 11.4. The maximum absolute atomic E-state index is 12.6. The monoisotopic (exact) mass is 272 g/mol. The number of hydrogen-bond donors (Lipinski definition) is 0. The van der Waals surface area contributed by atoms with Gasteiger partial charge >= 0.3 is 0 Å². The first kappa shape index (κ1) is 12.0. The van der Waals surface area contributed by atoms with E-state index in [1.165, 1.54) is 11.5 Å². The van der Waals surface area contributed by atoms with Gasteiger partial charge in [0.25, 0.3) is 0 Å². The summed E-state index contributed by atoms with van der Waals surface area (Å²) in [5, 5.41) is 3.99. The van der Waals surface area contributed by atoms with Crippen molar-refractivity contribution >= 4 is 27.5 Å². The first-order chi connectivity index (χ1) is 9.18. The van der Waals surface area contributed by atoms with Crippen LogP contribution < -0.4 is 0 Å². The molecule has 0 aliphatic rings. The van der Waals surface area contributed by atoms with E-state index >= 15 is 0 Å². The van der Waals surface area contributed by atoms with Crippen molar-refractivity contribution in [1.29, 1.82) is 0 Å². The molecule has 0 saturated carbocycles. The molecule has 0 bridgehead atoms. The highest BCUT2D eigenvalue weighted by Gasteiger charge is 2.19. The lowest BCUT2D eigenvalue weighted by atomic mass is 10.1. The van der Waals surface area contributed by atoms with E-state index in [-0.39, 0.29) is 11.8 Å². The van der Waals surface area contributed by atoms with Crippen molar-refractivity contribution in [2.24, 2.45) is 0 Å². The molecule has 96 valence electrons. The maximum Gasteiger partial charge on any atom is 0.230 e. The first-order valence-corrected chi connectivity index (χ1v) is 6.74. The van der Waals surface area contributed by atoms with E-state index in [0.717, 1.165) is 10.2 Å². The van der Waals surface area contributed by atoms with E-state index in [9.17, 15) is 4.79 Å². The van der Waals surface area contributed by atoms with Gasteiger partial charge in [0.15, 0.2) is 5.82 Å². The average Bonchev–Trinajstić information content (AvgIpc) is 3.05. The smallest absolute Gasteiger partial charge is 0.230 e. The Morgan fingerprint density at radius 3 is 3.00 bits per heavy atom. The molecule has 0 unspecified atom stereocenters. The standard InChI is InChI=1S/C13H12N4OS/c1-8(2)17-7-6-14-13(17)11(18)9-4-3-5-10-12(9)19-16-15-10/h3-8H,1-2H3. The zero-order valence-electron chi connectivity index (χ0n) is 10.6. The van der Waals surface area contributed by atoms with Gasteiger partial charge in [-0.2, -0.15) is 0 Å². The lowest BCUT2D eigenvalue weighted by Gasteiger charge is -2.10. The number of aromatic nitrogens is 4. The molecule has 0 amide bonds. The molecule has 0 aliphatic carbocycles. The number of fused-ring (bicyclic) bond motifs is 1. The molecule has 0 fully saturated rings. The summed E-state index contributed by atoms with van der Waals surface area (Å²) in [5.74, 6) is 0.367. The fourth-order valence-corrected chi connectivity index (χ4v) is 2.68. The van der Waals surface area contributed by atoms with Gasteiger partial charge < -0.3 is 4.57 Å². The van der Waals surface area contributed by atoms with Crippen LogP contribution in [0, 0.1) is 0 Å². The van der Waals surface area contributed by atoms with Crippen LogP contribution in [0.3, 0.4) is 0 Å². The van der Waals surface area contributed by atoms with Crippen molar-refractivity contribution in [2.75, 3.05) is 0 Å². The number of imidazole rings is 1. The van der Waals surface area contributed by atoms with E-state index < -0.39 is 0 Å². The van der Waals surface area contributed by atoms with Crippen molar-refractivity contribution in [3.05, 3.63) is 42.0 Å². The third-order valence-corrected chi connectivity index (χ3v) is 3.72. The fraction of sp³-hybridized carbons (Fsp3) is 0.231. The molecule has 0 saturated heterocycles. The van der Waals surface area contributed by atoms with E-state index in [1.807, 2.05) is 36.7 Å². The number of rotatable bonds is 3. The Kier molecular flexibility index (Phi) is 2.87. The highest BCUT2D eigenvalue weighted by Crippen LogP contribution is 2.23. The Morgan fingerprint density at radius 2 is 2.21 bits per heavy atom. The SMILES string of the molecule is CC(C)n1ccnc1C(=O)c1cccc2nnsc12. The highest BCUT2D eigenvalue weighted by atomic mass is 32.1. The summed E-state index contributed by atoms with van der Waals surface area (Å²) < 4.78 is 6.58. The largest absolute Gasteiger partial charge is 0.326 e. The van der Waals surface area contributed by atoms with Gasteiger partial charge in [0.1, 0.15) is 5.52 Å². The molecule has 0 aliphatic heterocycles. The predicted octanol–water partition coefficient (Wildman–Crippen LogP) is 2.70. The van der Waals surface area contributed by atoms with Gasteiger partial charge in [-0.05, 0) is 37.5 Å². The number of carbonyl (C=O) groups is 1. The second kappa shape index (κ2) is 4.55. The van der Waals surface area contributed by atoms with Crippen LogP contribution >= 0.6 is 11.5 Å². The molecule has 2 aromatic heterocycles. The summed E-state index contributed by atoms with van der Waals surface area (Å²) in [6.45, 7) is 4.04. The van der Waals surface area contributed by atoms with Gasteiger partial charge in [0.2, 0.25) is 5.78 Å². The summed E-state index contributed by atoms with van der Waals surface area (Å²) >= 11 is 1.23. The summed E-state index contributed by atoms with van der Waals surface area (Å²) in [6, 6.07) is 5.66. The molecule has 5 nitrogen and oxygen atoms in total. The Bertz CT molecular complexity index is 744. The zero-order chi connectivity index (χ0) is 13.4. The van der Waals surface area contributed by atoms with Crippen LogP contribution in [0.1, 0.15) is 36.1 Å². The fourth-order valence-electron chi connectivity index (χ4n) is 2.01. The van der Waals surface area contributed by atoms with Gasteiger partial charge in [0.05, 0.1) is 4.70 Å². The second-order valence-electron chi connectivity index (χ2n) is 4.51. The Morgan fingerprint density at radius 1 is 1.37 bits per heavy atom. The van der Waals surface area contributed by atoms with E-state index in [0.29, 0.717) is 11.4 Å². The van der Waals surface area contributed by atoms with Crippen LogP contribution in [0.4, 0.5) is 0 Å². The summed E-state index contributed by atoms with van der Waals surface area (Å²) in [6.07, 6.45) is 3.47. The summed E-state index contributed by atoms with van der Waals surface area (Å²) in [4.78, 5) is 16.8. The molecule has 0 N–H and O–H groups in total. The number of nitrogens with zero attached hydrogens (tertiary/aromatic N) is 4. The number of ketones is 1. The summed E-state index contributed by atoms with van der Waals surface area (Å²) in [7, 11) is 0. The van der Waals surface area contributed by atoms with Crippen molar-refractivity contribution in [3.63, 3.8) is 0 Å². The molecule has 1 aromatic carbocycles. The molecule has 0 radical (unpaired) electrons. The molecular weight excluding hydrogens is 260 g/mol. The Hall–Kier alpha value is -2.08. The lowest BCUT2D eigenvalue weighted by molar-refractivity contribution is 0.102. The molecule has 2 heterocycles. The molecule has 3 aromatic rings. The van der Waals surface area contributed by atoms with Crippen LogP contribution in [0.5, 0.6) is 0 Å².